The predicted octanol–water partition coefficient (Wildman–Crippen LogP) is 4.32. The molecule has 150 valence electrons. The largest absolute Gasteiger partial charge is 0.355 e. The molecule has 5 rings (SSSR count). The number of carbonyl (C=O) groups is 2. The molecular weight excluding hydrogens is 409 g/mol. The van der Waals surface area contributed by atoms with Crippen molar-refractivity contribution in [3.05, 3.63) is 58.1 Å². The van der Waals surface area contributed by atoms with Gasteiger partial charge in [-0.05, 0) is 29.8 Å². The molecule has 0 spiro atoms. The van der Waals surface area contributed by atoms with Crippen LogP contribution < -0.4 is 5.32 Å². The Morgan fingerprint density at radius 3 is 2.62 bits per heavy atom. The summed E-state index contributed by atoms with van der Waals surface area (Å²) in [6.07, 6.45) is 1.31. The summed E-state index contributed by atoms with van der Waals surface area (Å²) in [5.74, 6) is 0.285. The van der Waals surface area contributed by atoms with E-state index in [1.807, 2.05) is 12.1 Å². The summed E-state index contributed by atoms with van der Waals surface area (Å²) in [5.41, 5.74) is 5.59. The normalized spacial score (nSPS) is 16.6. The van der Waals surface area contributed by atoms with Crippen molar-refractivity contribution in [1.29, 1.82) is 0 Å². The summed E-state index contributed by atoms with van der Waals surface area (Å²) >= 11 is 6.27. The lowest BCUT2D eigenvalue weighted by Gasteiger charge is -2.25. The van der Waals surface area contributed by atoms with Crippen LogP contribution in [-0.2, 0) is 17.9 Å². The summed E-state index contributed by atoms with van der Waals surface area (Å²) in [7, 11) is 0. The lowest BCUT2D eigenvalue weighted by Crippen LogP contribution is -2.33. The van der Waals surface area contributed by atoms with Gasteiger partial charge in [-0.25, -0.2) is 0 Å². The highest BCUT2D eigenvalue weighted by molar-refractivity contribution is 6.32. The second kappa shape index (κ2) is 7.82. The van der Waals surface area contributed by atoms with Crippen LogP contribution in [0.3, 0.4) is 0 Å². The van der Waals surface area contributed by atoms with Gasteiger partial charge in [0.25, 0.3) is 5.91 Å². The van der Waals surface area contributed by atoms with Gasteiger partial charge in [0.05, 0.1) is 5.56 Å². The minimum atomic E-state index is -0.0773. The zero-order chi connectivity index (χ0) is 19.3. The number of likely N-dealkylation sites (tertiary alicyclic amines) is 1. The number of rotatable bonds is 3. The van der Waals surface area contributed by atoms with Crippen molar-refractivity contribution in [2.45, 2.75) is 25.9 Å². The molecule has 3 aromatic rings. The van der Waals surface area contributed by atoms with Crippen molar-refractivity contribution in [2.24, 2.45) is 0 Å². The van der Waals surface area contributed by atoms with E-state index in [9.17, 15) is 9.59 Å². The first-order valence-corrected chi connectivity index (χ1v) is 9.92. The first-order chi connectivity index (χ1) is 13.6. The smallest absolute Gasteiger partial charge is 0.252 e. The van der Waals surface area contributed by atoms with Gasteiger partial charge in [-0.15, -0.1) is 12.4 Å². The first kappa shape index (κ1) is 20.0. The van der Waals surface area contributed by atoms with E-state index in [0.717, 1.165) is 47.4 Å². The van der Waals surface area contributed by atoms with Crippen LogP contribution in [0.15, 0.2) is 36.4 Å². The maximum Gasteiger partial charge on any atom is 0.252 e. The van der Waals surface area contributed by atoms with Crippen LogP contribution in [0.1, 0.15) is 34.3 Å². The molecule has 0 bridgehead atoms. The van der Waals surface area contributed by atoms with Crippen LogP contribution >= 0.6 is 24.0 Å². The van der Waals surface area contributed by atoms with Gasteiger partial charge >= 0.3 is 0 Å². The van der Waals surface area contributed by atoms with Crippen molar-refractivity contribution in [3.8, 4) is 11.3 Å². The molecule has 0 radical (unpaired) electrons. The molecule has 1 amide bonds. The zero-order valence-electron chi connectivity index (χ0n) is 15.8. The van der Waals surface area contributed by atoms with Crippen molar-refractivity contribution in [3.63, 3.8) is 0 Å². The SMILES string of the molecule is Cl.O=C1CCN(Cc2ccc3[nH]c(-c4ccc(Cl)c5c4C(=O)NC5)cc3c2)CC1. The summed E-state index contributed by atoms with van der Waals surface area (Å²) < 4.78 is 0. The van der Waals surface area contributed by atoms with Crippen LogP contribution in [0.2, 0.25) is 5.02 Å². The number of carbonyl (C=O) groups excluding carboxylic acids is 2. The highest BCUT2D eigenvalue weighted by atomic mass is 35.5. The lowest BCUT2D eigenvalue weighted by atomic mass is 10.0. The van der Waals surface area contributed by atoms with Gasteiger partial charge in [0.1, 0.15) is 5.78 Å². The monoisotopic (exact) mass is 429 g/mol. The number of halogens is 2. The molecule has 2 aromatic carbocycles. The van der Waals surface area contributed by atoms with E-state index >= 15 is 0 Å². The van der Waals surface area contributed by atoms with Crippen LogP contribution in [0.5, 0.6) is 0 Å². The second-order valence-electron chi connectivity index (χ2n) is 7.55. The fourth-order valence-electron chi connectivity index (χ4n) is 4.18. The Morgan fingerprint density at radius 1 is 1.03 bits per heavy atom. The molecule has 2 N–H and O–H groups in total. The molecule has 0 aliphatic carbocycles. The standard InChI is InChI=1S/C22H20ClN3O2.ClH/c23-18-3-2-16(21-17(18)11-24-22(21)28)20-10-14-9-13(1-4-19(14)25-20)12-26-7-5-15(27)6-8-26;/h1-4,9-10,25H,5-8,11-12H2,(H,24,28);1H. The molecule has 7 heteroatoms. The van der Waals surface area contributed by atoms with Gasteiger partial charge < -0.3 is 10.3 Å². The summed E-state index contributed by atoms with van der Waals surface area (Å²) in [6, 6.07) is 12.2. The third-order valence-corrected chi connectivity index (χ3v) is 6.06. The number of amides is 1. The fourth-order valence-corrected chi connectivity index (χ4v) is 4.40. The number of Topliss-reactive ketones (excluding diaryl/α,β-unsaturated/α-hetero) is 1. The highest BCUT2D eigenvalue weighted by Gasteiger charge is 2.26. The van der Waals surface area contributed by atoms with Gasteiger partial charge in [0, 0.05) is 71.8 Å². The van der Waals surface area contributed by atoms with Crippen molar-refractivity contribution >= 4 is 46.6 Å². The highest BCUT2D eigenvalue weighted by Crippen LogP contribution is 2.34. The molecule has 0 unspecified atom stereocenters. The Bertz CT molecular complexity index is 1110. The van der Waals surface area contributed by atoms with Crippen LogP contribution in [0.4, 0.5) is 0 Å². The maximum absolute atomic E-state index is 12.3. The molecule has 5 nitrogen and oxygen atoms in total. The Morgan fingerprint density at radius 2 is 1.83 bits per heavy atom. The number of nitrogens with one attached hydrogen (secondary N) is 2. The molecule has 0 saturated carbocycles. The molecule has 2 aliphatic rings. The minimum Gasteiger partial charge on any atom is -0.355 e. The van der Waals surface area contributed by atoms with E-state index in [1.54, 1.807) is 0 Å². The number of aromatic nitrogens is 1. The average molecular weight is 430 g/mol. The number of nitrogens with zero attached hydrogens (tertiary/aromatic N) is 1. The Hall–Kier alpha value is -2.34. The van der Waals surface area contributed by atoms with Crippen LogP contribution in [0.25, 0.3) is 22.2 Å². The Balaban J connectivity index is 0.00000205. The quantitative estimate of drug-likeness (QED) is 0.651. The molecule has 1 aromatic heterocycles. The number of ketones is 1. The van der Waals surface area contributed by atoms with Gasteiger partial charge in [0.15, 0.2) is 0 Å². The van der Waals surface area contributed by atoms with E-state index < -0.39 is 0 Å². The van der Waals surface area contributed by atoms with Crippen molar-refractivity contribution in [1.82, 2.24) is 15.2 Å². The van der Waals surface area contributed by atoms with Gasteiger partial charge in [0.2, 0.25) is 0 Å². The zero-order valence-corrected chi connectivity index (χ0v) is 17.3. The Labute approximate surface area is 179 Å². The molecule has 0 atom stereocenters. The average Bonchev–Trinajstić information content (AvgIpc) is 3.28. The predicted molar refractivity (Wildman–Crippen MR) is 117 cm³/mol. The van der Waals surface area contributed by atoms with Gasteiger partial charge in [-0.2, -0.15) is 0 Å². The third-order valence-electron chi connectivity index (χ3n) is 5.70. The molecule has 1 saturated heterocycles. The number of benzene rings is 2. The van der Waals surface area contributed by atoms with Crippen molar-refractivity contribution in [2.75, 3.05) is 13.1 Å². The van der Waals surface area contributed by atoms with Crippen molar-refractivity contribution < 1.29 is 9.59 Å². The summed E-state index contributed by atoms with van der Waals surface area (Å²) in [4.78, 5) is 29.5. The van der Waals surface area contributed by atoms with Crippen LogP contribution in [-0.4, -0.2) is 34.7 Å². The lowest BCUT2D eigenvalue weighted by molar-refractivity contribution is -0.121. The number of hydrogen-bond acceptors (Lipinski definition) is 3. The topological polar surface area (TPSA) is 65.2 Å². The molecule has 1 fully saturated rings. The van der Waals surface area contributed by atoms with Crippen LogP contribution in [0, 0.1) is 0 Å². The first-order valence-electron chi connectivity index (χ1n) is 9.54. The molecule has 3 heterocycles. The number of H-pyrrole nitrogens is 1. The maximum atomic E-state index is 12.3. The second-order valence-corrected chi connectivity index (χ2v) is 7.96. The number of fused-ring (bicyclic) bond motifs is 2. The van der Waals surface area contributed by atoms with Gasteiger partial charge in [-0.3, -0.25) is 14.5 Å². The molecule has 2 aliphatic heterocycles. The number of piperidine rings is 1. The fraction of sp³-hybridized carbons (Fsp3) is 0.273. The van der Waals surface area contributed by atoms with E-state index in [0.29, 0.717) is 35.8 Å². The number of aromatic amines is 1. The van der Waals surface area contributed by atoms with E-state index in [1.165, 1.54) is 5.56 Å². The Kier molecular flexibility index (Phi) is 5.38. The minimum absolute atomic E-state index is 0. The summed E-state index contributed by atoms with van der Waals surface area (Å²) in [5, 5.41) is 4.60. The molecular formula is C22H21Cl2N3O2. The summed E-state index contributed by atoms with van der Waals surface area (Å²) in [6.45, 7) is 2.99. The van der Waals surface area contributed by atoms with E-state index in [2.05, 4.69) is 39.5 Å². The number of hydrogen-bond donors (Lipinski definition) is 2. The van der Waals surface area contributed by atoms with E-state index in [4.69, 9.17) is 11.6 Å². The molecule has 29 heavy (non-hydrogen) atoms. The van der Waals surface area contributed by atoms with Gasteiger partial charge in [-0.1, -0.05) is 23.7 Å². The third kappa shape index (κ3) is 3.66. The van der Waals surface area contributed by atoms with E-state index in [-0.39, 0.29) is 18.3 Å².